The maximum Gasteiger partial charge on any atom is 0.280 e. The van der Waals surface area contributed by atoms with E-state index in [0.29, 0.717) is 12.2 Å². The molecule has 3 aromatic rings. The third kappa shape index (κ3) is 4.59. The van der Waals surface area contributed by atoms with Gasteiger partial charge in [-0.1, -0.05) is 60.2 Å². The van der Waals surface area contributed by atoms with Gasteiger partial charge in [0.2, 0.25) is 5.95 Å². The van der Waals surface area contributed by atoms with Crippen molar-refractivity contribution in [2.75, 3.05) is 11.9 Å². The first-order valence-corrected chi connectivity index (χ1v) is 8.14. The van der Waals surface area contributed by atoms with Crippen LogP contribution in [-0.4, -0.2) is 16.5 Å². The van der Waals surface area contributed by atoms with E-state index in [1.165, 1.54) is 11.6 Å². The van der Waals surface area contributed by atoms with E-state index in [4.69, 9.17) is 0 Å². The molecule has 2 aromatic carbocycles. The molecule has 1 aromatic heterocycles. The van der Waals surface area contributed by atoms with E-state index in [1.807, 2.05) is 61.5 Å². The fraction of sp³-hybridized carbons (Fsp3) is 0.200. The zero-order valence-corrected chi connectivity index (χ0v) is 13.9. The highest BCUT2D eigenvalue weighted by Gasteiger charge is 2.14. The molecule has 0 aliphatic rings. The summed E-state index contributed by atoms with van der Waals surface area (Å²) in [5, 5.41) is 3.05. The Morgan fingerprint density at radius 2 is 1.68 bits per heavy atom. The number of rotatable bonds is 6. The maximum absolute atomic E-state index is 13.2. The van der Waals surface area contributed by atoms with Crippen LogP contribution in [0.1, 0.15) is 23.2 Å². The number of alkyl halides is 2. The van der Waals surface area contributed by atoms with Crippen LogP contribution in [0.5, 0.6) is 0 Å². The Bertz CT molecular complexity index is 818. The number of aryl methyl sites for hydroxylation is 1. The van der Waals surface area contributed by atoms with Crippen LogP contribution in [0.3, 0.4) is 0 Å². The molecular weight excluding hydrogens is 320 g/mol. The zero-order chi connectivity index (χ0) is 17.6. The smallest absolute Gasteiger partial charge is 0.280 e. The van der Waals surface area contributed by atoms with E-state index < -0.39 is 6.43 Å². The van der Waals surface area contributed by atoms with Crippen molar-refractivity contribution in [3.8, 4) is 11.3 Å². The quantitative estimate of drug-likeness (QED) is 0.683. The number of anilines is 1. The first-order chi connectivity index (χ1) is 12.1. The number of halogens is 2. The summed E-state index contributed by atoms with van der Waals surface area (Å²) in [7, 11) is 0. The zero-order valence-electron chi connectivity index (χ0n) is 13.9. The molecule has 0 bridgehead atoms. The highest BCUT2D eigenvalue weighted by Crippen LogP contribution is 2.24. The predicted octanol–water partition coefficient (Wildman–Crippen LogP) is 5.04. The van der Waals surface area contributed by atoms with Gasteiger partial charge >= 0.3 is 0 Å². The molecule has 0 unspecified atom stereocenters. The molecule has 0 amide bonds. The fourth-order valence-electron chi connectivity index (χ4n) is 2.49. The number of aromatic nitrogens is 2. The maximum atomic E-state index is 13.2. The van der Waals surface area contributed by atoms with Crippen LogP contribution in [-0.2, 0) is 6.42 Å². The van der Waals surface area contributed by atoms with Gasteiger partial charge in [-0.05, 0) is 25.0 Å². The van der Waals surface area contributed by atoms with Gasteiger partial charge in [0.05, 0.1) is 5.69 Å². The second-order valence-corrected chi connectivity index (χ2v) is 5.83. The third-order valence-electron chi connectivity index (χ3n) is 3.86. The van der Waals surface area contributed by atoms with Crippen LogP contribution >= 0.6 is 0 Å². The molecule has 0 aliphatic carbocycles. The lowest BCUT2D eigenvalue weighted by molar-refractivity contribution is 0.146. The van der Waals surface area contributed by atoms with E-state index in [0.717, 1.165) is 17.5 Å². The molecule has 0 radical (unpaired) electrons. The first-order valence-electron chi connectivity index (χ1n) is 8.14. The van der Waals surface area contributed by atoms with Crippen molar-refractivity contribution in [2.24, 2.45) is 0 Å². The molecular formula is C20H19F2N3. The Balaban J connectivity index is 1.79. The second-order valence-electron chi connectivity index (χ2n) is 5.83. The Morgan fingerprint density at radius 3 is 2.36 bits per heavy atom. The van der Waals surface area contributed by atoms with Gasteiger partial charge in [0.25, 0.3) is 6.43 Å². The van der Waals surface area contributed by atoms with E-state index in [1.54, 1.807) is 0 Å². The molecule has 128 valence electrons. The average Bonchev–Trinajstić information content (AvgIpc) is 2.63. The van der Waals surface area contributed by atoms with Crippen LogP contribution in [0.25, 0.3) is 11.3 Å². The van der Waals surface area contributed by atoms with Gasteiger partial charge in [-0.15, -0.1) is 0 Å². The molecule has 1 N–H and O–H groups in total. The lowest BCUT2D eigenvalue weighted by atomic mass is 10.1. The molecule has 0 saturated heterocycles. The number of benzene rings is 2. The monoisotopic (exact) mass is 339 g/mol. The topological polar surface area (TPSA) is 37.8 Å². The van der Waals surface area contributed by atoms with Gasteiger partial charge in [-0.3, -0.25) is 0 Å². The molecule has 1 heterocycles. The minimum absolute atomic E-state index is 0.226. The second kappa shape index (κ2) is 7.83. The van der Waals surface area contributed by atoms with Crippen LogP contribution < -0.4 is 5.32 Å². The van der Waals surface area contributed by atoms with Crippen molar-refractivity contribution in [3.63, 3.8) is 0 Å². The van der Waals surface area contributed by atoms with E-state index in [-0.39, 0.29) is 11.6 Å². The van der Waals surface area contributed by atoms with Crippen LogP contribution in [0.15, 0.2) is 60.7 Å². The Labute approximate surface area is 145 Å². The third-order valence-corrected chi connectivity index (χ3v) is 3.86. The van der Waals surface area contributed by atoms with E-state index >= 15 is 0 Å². The molecule has 0 saturated carbocycles. The van der Waals surface area contributed by atoms with Crippen LogP contribution in [0.2, 0.25) is 0 Å². The molecule has 0 fully saturated rings. The van der Waals surface area contributed by atoms with Gasteiger partial charge in [0, 0.05) is 12.1 Å². The van der Waals surface area contributed by atoms with E-state index in [9.17, 15) is 8.78 Å². The van der Waals surface area contributed by atoms with Gasteiger partial charge in [0.15, 0.2) is 0 Å². The largest absolute Gasteiger partial charge is 0.354 e. The van der Waals surface area contributed by atoms with Crippen molar-refractivity contribution >= 4 is 5.95 Å². The van der Waals surface area contributed by atoms with Gasteiger partial charge < -0.3 is 5.32 Å². The summed E-state index contributed by atoms with van der Waals surface area (Å²) in [6.07, 6.45) is -1.87. The molecule has 5 heteroatoms. The standard InChI is InChI=1S/C20H19F2N3/c1-14-7-9-16(10-8-14)17-13-18(19(21)22)25-20(24-17)23-12-11-15-5-3-2-4-6-15/h2-10,13,19H,11-12H2,1H3,(H,23,24,25). The normalized spacial score (nSPS) is 10.9. The SMILES string of the molecule is Cc1ccc(-c2cc(C(F)F)nc(NCCc3ccccc3)n2)cc1. The van der Waals surface area contributed by atoms with Gasteiger partial charge in [-0.2, -0.15) is 0 Å². The van der Waals surface area contributed by atoms with Crippen molar-refractivity contribution in [3.05, 3.63) is 77.5 Å². The minimum atomic E-state index is -2.64. The first kappa shape index (κ1) is 17.0. The highest BCUT2D eigenvalue weighted by atomic mass is 19.3. The molecule has 0 spiro atoms. The minimum Gasteiger partial charge on any atom is -0.354 e. The molecule has 25 heavy (non-hydrogen) atoms. The lowest BCUT2D eigenvalue weighted by Crippen LogP contribution is -2.10. The van der Waals surface area contributed by atoms with E-state index in [2.05, 4.69) is 15.3 Å². The fourth-order valence-corrected chi connectivity index (χ4v) is 2.49. The highest BCUT2D eigenvalue weighted by molar-refractivity contribution is 5.61. The van der Waals surface area contributed by atoms with Crippen LogP contribution in [0.4, 0.5) is 14.7 Å². The summed E-state index contributed by atoms with van der Waals surface area (Å²) in [6, 6.07) is 18.9. The van der Waals surface area contributed by atoms with Crippen molar-refractivity contribution in [1.82, 2.24) is 9.97 Å². The van der Waals surface area contributed by atoms with Crippen LogP contribution in [0, 0.1) is 6.92 Å². The summed E-state index contributed by atoms with van der Waals surface area (Å²) in [5.74, 6) is 0.226. The van der Waals surface area contributed by atoms with Gasteiger partial charge in [-0.25, -0.2) is 18.7 Å². The Morgan fingerprint density at radius 1 is 0.960 bits per heavy atom. The Kier molecular flexibility index (Phi) is 5.33. The Hall–Kier alpha value is -2.82. The van der Waals surface area contributed by atoms with Crippen molar-refractivity contribution in [1.29, 1.82) is 0 Å². The summed E-state index contributed by atoms with van der Waals surface area (Å²) in [4.78, 5) is 8.33. The predicted molar refractivity (Wildman–Crippen MR) is 95.8 cm³/mol. The number of hydrogen-bond donors (Lipinski definition) is 1. The number of nitrogens with zero attached hydrogens (tertiary/aromatic N) is 2. The molecule has 0 aliphatic heterocycles. The molecule has 0 atom stereocenters. The summed E-state index contributed by atoms with van der Waals surface area (Å²) >= 11 is 0. The summed E-state index contributed by atoms with van der Waals surface area (Å²) < 4.78 is 26.4. The molecule has 3 rings (SSSR count). The number of nitrogens with one attached hydrogen (secondary N) is 1. The summed E-state index contributed by atoms with van der Waals surface area (Å²) in [5.41, 5.74) is 3.29. The lowest BCUT2D eigenvalue weighted by Gasteiger charge is -2.10. The van der Waals surface area contributed by atoms with Gasteiger partial charge in [0.1, 0.15) is 5.69 Å². The average molecular weight is 339 g/mol. The summed E-state index contributed by atoms with van der Waals surface area (Å²) in [6.45, 7) is 2.55. The number of hydrogen-bond acceptors (Lipinski definition) is 3. The van der Waals surface area contributed by atoms with Crippen molar-refractivity contribution in [2.45, 2.75) is 19.8 Å². The van der Waals surface area contributed by atoms with Crippen molar-refractivity contribution < 1.29 is 8.78 Å². The molecule has 3 nitrogen and oxygen atoms in total.